The summed E-state index contributed by atoms with van der Waals surface area (Å²) < 4.78 is 5.41. The summed E-state index contributed by atoms with van der Waals surface area (Å²) in [6.07, 6.45) is 3.96. The fourth-order valence-electron chi connectivity index (χ4n) is 2.64. The summed E-state index contributed by atoms with van der Waals surface area (Å²) in [6, 6.07) is 8.10. The maximum atomic E-state index is 5.89. The number of anilines is 1. The Labute approximate surface area is 114 Å². The fourth-order valence-corrected chi connectivity index (χ4v) is 2.64. The van der Waals surface area contributed by atoms with Crippen LogP contribution >= 0.6 is 0 Å². The number of ether oxygens (including phenoxy) is 1. The van der Waals surface area contributed by atoms with E-state index in [1.165, 1.54) is 5.56 Å². The van der Waals surface area contributed by atoms with E-state index in [2.05, 4.69) is 28.0 Å². The molecule has 0 heterocycles. The lowest BCUT2D eigenvalue weighted by molar-refractivity contribution is -0.0180. The second-order valence-corrected chi connectivity index (χ2v) is 5.05. The van der Waals surface area contributed by atoms with E-state index in [-0.39, 0.29) is 5.41 Å². The third-order valence-corrected chi connectivity index (χ3v) is 3.77. The van der Waals surface area contributed by atoms with Gasteiger partial charge in [0.05, 0.1) is 6.10 Å². The number of nitrogens with one attached hydrogen (secondary N) is 2. The van der Waals surface area contributed by atoms with Crippen molar-refractivity contribution >= 4 is 12.0 Å². The zero-order valence-corrected chi connectivity index (χ0v) is 11.5. The van der Waals surface area contributed by atoms with Crippen LogP contribution in [-0.2, 0) is 10.2 Å². The van der Waals surface area contributed by atoms with E-state index in [4.69, 9.17) is 10.5 Å². The summed E-state index contributed by atoms with van der Waals surface area (Å²) in [5.41, 5.74) is 11.1. The van der Waals surface area contributed by atoms with Gasteiger partial charge in [-0.1, -0.05) is 12.1 Å². The lowest BCUT2D eigenvalue weighted by atomic mass is 9.62. The molecule has 0 unspecified atom stereocenters. The number of hydrogen-bond donors (Lipinski definition) is 3. The highest BCUT2D eigenvalue weighted by atomic mass is 16.5. The number of methoxy groups -OCH3 is 1. The van der Waals surface area contributed by atoms with Gasteiger partial charge in [-0.3, -0.25) is 0 Å². The summed E-state index contributed by atoms with van der Waals surface area (Å²) in [5, 5.41) is 6.96. The highest BCUT2D eigenvalue weighted by molar-refractivity contribution is 5.53. The van der Waals surface area contributed by atoms with Crippen LogP contribution in [0.5, 0.6) is 0 Å². The molecule has 0 aliphatic heterocycles. The Hall–Kier alpha value is -1.75. The molecule has 0 amide bonds. The van der Waals surface area contributed by atoms with Crippen LogP contribution in [0.4, 0.5) is 5.69 Å². The molecule has 0 aromatic heterocycles. The summed E-state index contributed by atoms with van der Waals surface area (Å²) in [5.74, 6) is 0. The predicted octanol–water partition coefficient (Wildman–Crippen LogP) is 1.07. The predicted molar refractivity (Wildman–Crippen MR) is 78.1 cm³/mol. The van der Waals surface area contributed by atoms with E-state index in [9.17, 15) is 0 Å². The van der Waals surface area contributed by atoms with E-state index < -0.39 is 0 Å². The molecule has 2 rings (SSSR count). The first kappa shape index (κ1) is 13.7. The highest BCUT2D eigenvalue weighted by Gasteiger charge is 2.45. The maximum absolute atomic E-state index is 5.89. The largest absolute Gasteiger partial charge is 0.399 e. The van der Waals surface area contributed by atoms with Gasteiger partial charge in [0, 0.05) is 31.8 Å². The van der Waals surface area contributed by atoms with Gasteiger partial charge in [0.1, 0.15) is 6.34 Å². The quantitative estimate of drug-likeness (QED) is 0.310. The number of hydrazone groups is 1. The van der Waals surface area contributed by atoms with Gasteiger partial charge in [-0.2, -0.15) is 5.10 Å². The highest BCUT2D eigenvalue weighted by Crippen LogP contribution is 2.45. The van der Waals surface area contributed by atoms with Crippen LogP contribution in [0.1, 0.15) is 18.4 Å². The number of nitrogens with zero attached hydrogens (tertiary/aromatic N) is 1. The molecule has 1 aromatic carbocycles. The van der Waals surface area contributed by atoms with Gasteiger partial charge in [-0.05, 0) is 30.5 Å². The molecule has 1 aliphatic rings. The Morgan fingerprint density at radius 2 is 2.32 bits per heavy atom. The summed E-state index contributed by atoms with van der Waals surface area (Å²) in [6.45, 7) is 0.786. The Morgan fingerprint density at radius 1 is 1.53 bits per heavy atom. The average Bonchev–Trinajstić information content (AvgIpc) is 2.37. The van der Waals surface area contributed by atoms with Crippen LogP contribution in [-0.4, -0.2) is 33.1 Å². The molecule has 1 aromatic rings. The van der Waals surface area contributed by atoms with E-state index in [1.807, 2.05) is 19.2 Å². The third-order valence-electron chi connectivity index (χ3n) is 3.77. The fraction of sp³-hybridized carbons (Fsp3) is 0.500. The molecule has 0 bridgehead atoms. The lowest BCUT2D eigenvalue weighted by Gasteiger charge is -2.47. The van der Waals surface area contributed by atoms with E-state index in [0.717, 1.165) is 25.1 Å². The molecule has 0 atom stereocenters. The molecule has 1 saturated carbocycles. The van der Waals surface area contributed by atoms with Crippen LogP contribution in [0.2, 0.25) is 0 Å². The smallest absolute Gasteiger partial charge is 0.108 e. The number of benzene rings is 1. The van der Waals surface area contributed by atoms with Crippen LogP contribution in [0, 0.1) is 0 Å². The minimum atomic E-state index is 0.0706. The van der Waals surface area contributed by atoms with Crippen LogP contribution in [0.25, 0.3) is 0 Å². The van der Waals surface area contributed by atoms with Crippen molar-refractivity contribution in [2.45, 2.75) is 24.4 Å². The maximum Gasteiger partial charge on any atom is 0.108 e. The van der Waals surface area contributed by atoms with Crippen molar-refractivity contribution in [3.05, 3.63) is 29.8 Å². The second-order valence-electron chi connectivity index (χ2n) is 5.05. The molecule has 4 N–H and O–H groups in total. The van der Waals surface area contributed by atoms with Crippen molar-refractivity contribution in [3.63, 3.8) is 0 Å². The first-order valence-corrected chi connectivity index (χ1v) is 6.51. The average molecular weight is 262 g/mol. The first-order chi connectivity index (χ1) is 9.20. The standard InChI is InChI=1S/C14H22N4O/c1-16-10-18-17-9-14(7-13(8-14)19-2)11-4-3-5-12(15)6-11/h3-6,10,13,17H,7-9,15H2,1-2H3,(H,16,18)/t13-,14-. The summed E-state index contributed by atoms with van der Waals surface area (Å²) in [4.78, 5) is 0. The van der Waals surface area contributed by atoms with Gasteiger partial charge >= 0.3 is 0 Å². The molecule has 1 aliphatic carbocycles. The van der Waals surface area contributed by atoms with Gasteiger partial charge in [0.2, 0.25) is 0 Å². The summed E-state index contributed by atoms with van der Waals surface area (Å²) >= 11 is 0. The third kappa shape index (κ3) is 2.98. The zero-order chi connectivity index (χ0) is 13.7. The monoisotopic (exact) mass is 262 g/mol. The van der Waals surface area contributed by atoms with Crippen LogP contribution in [0.15, 0.2) is 29.4 Å². The second kappa shape index (κ2) is 5.93. The molecule has 5 nitrogen and oxygen atoms in total. The molecule has 104 valence electrons. The van der Waals surface area contributed by atoms with Gasteiger partial charge in [0.25, 0.3) is 0 Å². The minimum absolute atomic E-state index is 0.0706. The number of hydrogen-bond acceptors (Lipinski definition) is 4. The van der Waals surface area contributed by atoms with E-state index in [1.54, 1.807) is 13.4 Å². The van der Waals surface area contributed by atoms with Crippen molar-refractivity contribution < 1.29 is 4.74 Å². The lowest BCUT2D eigenvalue weighted by Crippen LogP contribution is -2.51. The van der Waals surface area contributed by atoms with Crippen molar-refractivity contribution in [1.82, 2.24) is 10.7 Å². The van der Waals surface area contributed by atoms with Crippen molar-refractivity contribution in [2.24, 2.45) is 5.10 Å². The topological polar surface area (TPSA) is 71.7 Å². The molecule has 0 spiro atoms. The Bertz CT molecular complexity index is 441. The Balaban J connectivity index is 2.10. The Morgan fingerprint density at radius 3 is 2.95 bits per heavy atom. The molecular weight excluding hydrogens is 240 g/mol. The first-order valence-electron chi connectivity index (χ1n) is 6.51. The normalized spacial score (nSPS) is 26.1. The van der Waals surface area contributed by atoms with Crippen LogP contribution in [0.3, 0.4) is 0 Å². The van der Waals surface area contributed by atoms with Gasteiger partial charge < -0.3 is 21.2 Å². The van der Waals surface area contributed by atoms with E-state index in [0.29, 0.717) is 6.10 Å². The van der Waals surface area contributed by atoms with Crippen molar-refractivity contribution in [2.75, 3.05) is 26.4 Å². The van der Waals surface area contributed by atoms with E-state index >= 15 is 0 Å². The number of rotatable bonds is 6. The zero-order valence-electron chi connectivity index (χ0n) is 11.5. The van der Waals surface area contributed by atoms with Crippen molar-refractivity contribution in [1.29, 1.82) is 0 Å². The SMILES string of the molecule is CN/C=N\NC[C@]1(c2cccc(N)c2)C[C@H](OC)C1. The number of nitrogen functional groups attached to an aromatic ring is 1. The molecule has 1 fully saturated rings. The molecule has 5 heteroatoms. The van der Waals surface area contributed by atoms with Gasteiger partial charge in [-0.25, -0.2) is 0 Å². The van der Waals surface area contributed by atoms with Crippen LogP contribution < -0.4 is 16.5 Å². The van der Waals surface area contributed by atoms with Gasteiger partial charge in [-0.15, -0.1) is 0 Å². The molecule has 0 saturated heterocycles. The number of nitrogens with two attached hydrogens (primary N) is 1. The molecular formula is C14H22N4O. The Kier molecular flexibility index (Phi) is 4.27. The molecule has 0 radical (unpaired) electrons. The molecule has 19 heavy (non-hydrogen) atoms. The summed E-state index contributed by atoms with van der Waals surface area (Å²) in [7, 11) is 3.59. The minimum Gasteiger partial charge on any atom is -0.399 e. The van der Waals surface area contributed by atoms with Gasteiger partial charge in [0.15, 0.2) is 0 Å². The van der Waals surface area contributed by atoms with Crippen molar-refractivity contribution in [3.8, 4) is 0 Å².